The number of likely N-dealkylation sites (tertiary alicyclic amines) is 1. The fraction of sp³-hybridized carbons (Fsp3) is 0.421. The van der Waals surface area contributed by atoms with Gasteiger partial charge < -0.3 is 29.9 Å². The maximum Gasteiger partial charge on any atom is 0.410 e. The number of anilines is 3. The number of fused-ring (bicyclic) bond motifs is 1. The molecule has 1 spiro atoms. The molecule has 0 atom stereocenters. The van der Waals surface area contributed by atoms with E-state index >= 15 is 0 Å². The van der Waals surface area contributed by atoms with Gasteiger partial charge in [-0.05, 0) is 82.9 Å². The number of para-hydroxylation sites is 1. The molecule has 2 N–H and O–H groups in total. The smallest absolute Gasteiger partial charge is 0.410 e. The average molecular weight is 689 g/mol. The lowest BCUT2D eigenvalue weighted by Crippen LogP contribution is -2.62. The number of hydrogen-bond donors (Lipinski definition) is 1. The van der Waals surface area contributed by atoms with E-state index in [-0.39, 0.29) is 17.6 Å². The van der Waals surface area contributed by atoms with Crippen LogP contribution in [0.4, 0.5) is 22.2 Å². The van der Waals surface area contributed by atoms with Crippen molar-refractivity contribution < 1.29 is 14.3 Å². The predicted octanol–water partition coefficient (Wildman–Crippen LogP) is 6.34. The van der Waals surface area contributed by atoms with Crippen molar-refractivity contribution in [2.75, 3.05) is 54.8 Å². The first-order valence-corrected chi connectivity index (χ1v) is 17.8. The number of nitrogen functional groups attached to an aromatic ring is 1. The standard InChI is InChI=1S/C38H44N10O3/c1-37(2,3)51-36(49)47-23-38(24-47)15-19-46(20-16-38)35-40-21-28(22-41-35)45-17-13-27(14-18-45)48-34-31(33(39)42-25-43-34)32(44-48)26-9-11-30(12-10-26)50-29-7-5-4-6-8-29/h4-12,21-22,25,27H,13-20,23-24H2,1-3H3,(H2,39,42,43). The van der Waals surface area contributed by atoms with E-state index in [1.54, 1.807) is 0 Å². The molecule has 3 saturated heterocycles. The Hall–Kier alpha value is -5.46. The van der Waals surface area contributed by atoms with Gasteiger partial charge in [0.15, 0.2) is 5.65 Å². The summed E-state index contributed by atoms with van der Waals surface area (Å²) >= 11 is 0. The van der Waals surface area contributed by atoms with Crippen LogP contribution in [-0.2, 0) is 4.74 Å². The van der Waals surface area contributed by atoms with Gasteiger partial charge in [0.2, 0.25) is 5.95 Å². The van der Waals surface area contributed by atoms with Crippen LogP contribution in [0.5, 0.6) is 11.5 Å². The first-order valence-electron chi connectivity index (χ1n) is 17.8. The number of carbonyl (C=O) groups is 1. The lowest BCUT2D eigenvalue weighted by atomic mass is 9.72. The molecule has 0 radical (unpaired) electrons. The van der Waals surface area contributed by atoms with E-state index in [2.05, 4.69) is 19.8 Å². The van der Waals surface area contributed by atoms with Crippen molar-refractivity contribution in [3.05, 3.63) is 73.3 Å². The Kier molecular flexibility index (Phi) is 8.35. The highest BCUT2D eigenvalue weighted by Gasteiger charge is 2.48. The minimum absolute atomic E-state index is 0.158. The zero-order valence-corrected chi connectivity index (χ0v) is 29.4. The molecule has 5 aromatic rings. The molecule has 0 unspecified atom stereocenters. The molecule has 1 amide bonds. The van der Waals surface area contributed by atoms with Crippen molar-refractivity contribution in [1.29, 1.82) is 0 Å². The zero-order chi connectivity index (χ0) is 35.2. The third-order valence-corrected chi connectivity index (χ3v) is 10.2. The maximum atomic E-state index is 12.4. The van der Waals surface area contributed by atoms with Crippen LogP contribution in [0.25, 0.3) is 22.3 Å². The lowest BCUT2D eigenvalue weighted by molar-refractivity contribution is -0.0435. The summed E-state index contributed by atoms with van der Waals surface area (Å²) in [4.78, 5) is 37.3. The van der Waals surface area contributed by atoms with Gasteiger partial charge in [-0.1, -0.05) is 18.2 Å². The Morgan fingerprint density at radius 3 is 2.18 bits per heavy atom. The number of carbonyl (C=O) groups excluding carboxylic acids is 1. The van der Waals surface area contributed by atoms with Crippen LogP contribution in [0.2, 0.25) is 0 Å². The Morgan fingerprint density at radius 1 is 0.843 bits per heavy atom. The molecule has 0 bridgehead atoms. The Labute approximate surface area is 297 Å². The molecular formula is C38H44N10O3. The number of hydrogen-bond acceptors (Lipinski definition) is 11. The highest BCUT2D eigenvalue weighted by Crippen LogP contribution is 2.42. The second kappa shape index (κ2) is 13.0. The Balaban J connectivity index is 0.887. The van der Waals surface area contributed by atoms with E-state index in [1.165, 1.54) is 6.33 Å². The minimum atomic E-state index is -0.472. The highest BCUT2D eigenvalue weighted by atomic mass is 16.6. The van der Waals surface area contributed by atoms with Crippen molar-refractivity contribution in [1.82, 2.24) is 34.6 Å². The van der Waals surface area contributed by atoms with Gasteiger partial charge in [-0.3, -0.25) is 0 Å². The number of nitrogens with two attached hydrogens (primary N) is 1. The summed E-state index contributed by atoms with van der Waals surface area (Å²) in [6, 6.07) is 17.8. The fourth-order valence-electron chi connectivity index (χ4n) is 7.48. The van der Waals surface area contributed by atoms with Crippen molar-refractivity contribution >= 4 is 34.6 Å². The monoisotopic (exact) mass is 688 g/mol. The first kappa shape index (κ1) is 32.7. The van der Waals surface area contributed by atoms with Crippen LogP contribution in [0.15, 0.2) is 73.3 Å². The summed E-state index contributed by atoms with van der Waals surface area (Å²) in [7, 11) is 0. The molecular weight excluding hydrogens is 644 g/mol. The third-order valence-electron chi connectivity index (χ3n) is 10.2. The molecule has 51 heavy (non-hydrogen) atoms. The maximum absolute atomic E-state index is 12.4. The van der Waals surface area contributed by atoms with Crippen molar-refractivity contribution in [3.8, 4) is 22.8 Å². The average Bonchev–Trinajstić information content (AvgIpc) is 3.52. The van der Waals surface area contributed by atoms with Gasteiger partial charge in [0.25, 0.3) is 0 Å². The predicted molar refractivity (Wildman–Crippen MR) is 196 cm³/mol. The van der Waals surface area contributed by atoms with Gasteiger partial charge in [-0.2, -0.15) is 5.10 Å². The van der Waals surface area contributed by atoms with Gasteiger partial charge >= 0.3 is 6.09 Å². The van der Waals surface area contributed by atoms with Crippen LogP contribution < -0.4 is 20.3 Å². The number of amides is 1. The Bertz CT molecular complexity index is 1990. The fourth-order valence-corrected chi connectivity index (χ4v) is 7.48. The summed E-state index contributed by atoms with van der Waals surface area (Å²) in [6.07, 6.45) is 9.00. The second-order valence-corrected chi connectivity index (χ2v) is 15.0. The number of piperidine rings is 2. The number of aromatic nitrogens is 6. The summed E-state index contributed by atoms with van der Waals surface area (Å²) in [5, 5.41) is 5.85. The molecule has 3 fully saturated rings. The van der Waals surface area contributed by atoms with E-state index < -0.39 is 5.60 Å². The summed E-state index contributed by atoms with van der Waals surface area (Å²) in [6.45, 7) is 10.7. The van der Waals surface area contributed by atoms with Gasteiger partial charge in [0.1, 0.15) is 34.9 Å². The highest BCUT2D eigenvalue weighted by molar-refractivity contribution is 5.98. The number of rotatable bonds is 6. The van der Waals surface area contributed by atoms with E-state index in [1.807, 2.05) is 97.3 Å². The van der Waals surface area contributed by atoms with Gasteiger partial charge in [0.05, 0.1) is 29.5 Å². The normalized spacial score (nSPS) is 17.8. The van der Waals surface area contributed by atoms with Crippen LogP contribution >= 0.6 is 0 Å². The van der Waals surface area contributed by atoms with Crippen LogP contribution in [0.3, 0.4) is 0 Å². The largest absolute Gasteiger partial charge is 0.457 e. The molecule has 2 aromatic carbocycles. The molecule has 8 rings (SSSR count). The summed E-state index contributed by atoms with van der Waals surface area (Å²) in [5.41, 5.74) is 9.58. The molecule has 13 heteroatoms. The van der Waals surface area contributed by atoms with Crippen molar-refractivity contribution in [2.24, 2.45) is 5.41 Å². The van der Waals surface area contributed by atoms with Gasteiger partial charge in [-0.15, -0.1) is 0 Å². The summed E-state index contributed by atoms with van der Waals surface area (Å²) < 4.78 is 13.6. The molecule has 264 valence electrons. The van der Waals surface area contributed by atoms with Crippen LogP contribution in [-0.4, -0.2) is 85.6 Å². The molecule has 0 saturated carbocycles. The Morgan fingerprint density at radius 2 is 1.51 bits per heavy atom. The van der Waals surface area contributed by atoms with E-state index in [0.29, 0.717) is 5.82 Å². The minimum Gasteiger partial charge on any atom is -0.457 e. The molecule has 3 aromatic heterocycles. The quantitative estimate of drug-likeness (QED) is 0.214. The molecule has 0 aliphatic carbocycles. The first-order chi connectivity index (χ1) is 24.6. The van der Waals surface area contributed by atoms with Crippen molar-refractivity contribution in [3.63, 3.8) is 0 Å². The van der Waals surface area contributed by atoms with E-state index in [9.17, 15) is 4.79 Å². The molecule has 6 heterocycles. The molecule has 13 nitrogen and oxygen atoms in total. The molecule has 3 aliphatic rings. The second-order valence-electron chi connectivity index (χ2n) is 15.0. The summed E-state index contributed by atoms with van der Waals surface area (Å²) in [5.74, 6) is 2.71. The van der Waals surface area contributed by atoms with Crippen LogP contribution in [0, 0.1) is 5.41 Å². The number of benzene rings is 2. The SMILES string of the molecule is CC(C)(C)OC(=O)N1CC2(CCN(c3ncc(N4CCC(n5nc(-c6ccc(Oc7ccccc7)cc6)c6c(N)ncnc65)CC4)cn3)CC2)C1. The van der Waals surface area contributed by atoms with E-state index in [4.69, 9.17) is 30.3 Å². The van der Waals surface area contributed by atoms with Crippen molar-refractivity contribution in [2.45, 2.75) is 58.1 Å². The van der Waals surface area contributed by atoms with E-state index in [0.717, 1.165) is 110 Å². The van der Waals surface area contributed by atoms with Crippen LogP contribution in [0.1, 0.15) is 52.5 Å². The number of ether oxygens (including phenoxy) is 2. The molecule has 3 aliphatic heterocycles. The van der Waals surface area contributed by atoms with Gasteiger partial charge in [0, 0.05) is 50.2 Å². The number of nitrogens with zero attached hydrogens (tertiary/aromatic N) is 9. The zero-order valence-electron chi connectivity index (χ0n) is 29.4. The third kappa shape index (κ3) is 6.72. The lowest BCUT2D eigenvalue weighted by Gasteiger charge is -2.53. The topological polar surface area (TPSA) is 141 Å². The van der Waals surface area contributed by atoms with Gasteiger partial charge in [-0.25, -0.2) is 29.4 Å².